The Morgan fingerprint density at radius 3 is 2.72 bits per heavy atom. The normalized spacial score (nSPS) is 23.2. The first-order valence-electron chi connectivity index (χ1n) is 11.3. The Balaban J connectivity index is 1.38. The number of aryl methyl sites for hydroxylation is 2. The molecule has 3 atom stereocenters. The van der Waals surface area contributed by atoms with Crippen LogP contribution in [0.1, 0.15) is 38.4 Å². The number of amides is 1. The van der Waals surface area contributed by atoms with Crippen molar-refractivity contribution in [1.29, 1.82) is 0 Å². The van der Waals surface area contributed by atoms with Gasteiger partial charge in [0.15, 0.2) is 11.2 Å². The number of nitrogens with two attached hydrogens (primary N) is 1. The number of aromatic nitrogens is 6. The molecule has 168 valence electrons. The first-order valence-corrected chi connectivity index (χ1v) is 11.3. The Kier molecular flexibility index (Phi) is 5.46. The molecule has 2 N–H and O–H groups in total. The first-order chi connectivity index (χ1) is 15.5. The molecule has 2 aliphatic rings. The second kappa shape index (κ2) is 8.42. The fourth-order valence-electron chi connectivity index (χ4n) is 4.74. The molecule has 0 aromatic carbocycles. The molecule has 3 unspecified atom stereocenters. The highest BCUT2D eigenvalue weighted by Crippen LogP contribution is 2.30. The van der Waals surface area contributed by atoms with E-state index in [1.165, 1.54) is 6.33 Å². The minimum Gasteiger partial charge on any atom is -0.471 e. The molecule has 1 amide bonds. The summed E-state index contributed by atoms with van der Waals surface area (Å²) in [5.74, 6) is 1.97. The number of fused-ring (bicyclic) bond motifs is 1. The van der Waals surface area contributed by atoms with Crippen LogP contribution >= 0.6 is 0 Å². The third kappa shape index (κ3) is 3.68. The molecule has 0 radical (unpaired) electrons. The summed E-state index contributed by atoms with van der Waals surface area (Å²) in [4.78, 5) is 36.9. The molecule has 10 heteroatoms. The second-order valence-corrected chi connectivity index (χ2v) is 8.56. The Labute approximate surface area is 186 Å². The Bertz CT molecular complexity index is 1130. The maximum Gasteiger partial charge on any atom is 0.245 e. The van der Waals surface area contributed by atoms with Crippen LogP contribution in [-0.2, 0) is 11.3 Å². The standard InChI is InChI=1S/C22H28N8O2/c1-3-30-19(14-9-24-13(2)25-10-14)28-18-20(30)26-12-27-21(18)32-15-7-8-29(11-15)22(31)16-5-4-6-17(16)23/h9-10,12,15-17H,3-8,11,23H2,1-2H3. The summed E-state index contributed by atoms with van der Waals surface area (Å²) < 4.78 is 8.25. The SMILES string of the molecule is CCn1c(-c2cnc(C)nc2)nc2c(OC3CCN(C(=O)C4CCCC4N)C3)ncnc21. The van der Waals surface area contributed by atoms with Crippen molar-refractivity contribution in [3.63, 3.8) is 0 Å². The van der Waals surface area contributed by atoms with Gasteiger partial charge in [0.05, 0.1) is 18.0 Å². The summed E-state index contributed by atoms with van der Waals surface area (Å²) in [5.41, 5.74) is 8.26. The molecule has 1 saturated carbocycles. The van der Waals surface area contributed by atoms with E-state index in [9.17, 15) is 4.79 Å². The highest BCUT2D eigenvalue weighted by Gasteiger charge is 2.37. The minimum atomic E-state index is -0.132. The lowest BCUT2D eigenvalue weighted by atomic mass is 10.0. The summed E-state index contributed by atoms with van der Waals surface area (Å²) in [6.45, 7) is 5.79. The number of hydrogen-bond donors (Lipinski definition) is 1. The molecule has 0 spiro atoms. The molecule has 2 fully saturated rings. The Morgan fingerprint density at radius 2 is 2.00 bits per heavy atom. The summed E-state index contributed by atoms with van der Waals surface area (Å²) in [7, 11) is 0. The minimum absolute atomic E-state index is 0.0221. The van der Waals surface area contributed by atoms with Crippen molar-refractivity contribution in [2.45, 2.75) is 58.2 Å². The zero-order valence-corrected chi connectivity index (χ0v) is 18.4. The predicted octanol–water partition coefficient (Wildman–Crippen LogP) is 1.72. The summed E-state index contributed by atoms with van der Waals surface area (Å²) >= 11 is 0. The molecule has 1 saturated heterocycles. The smallest absolute Gasteiger partial charge is 0.245 e. The summed E-state index contributed by atoms with van der Waals surface area (Å²) in [6, 6.07) is -0.0221. The van der Waals surface area contributed by atoms with Crippen molar-refractivity contribution < 1.29 is 9.53 Å². The van der Waals surface area contributed by atoms with Gasteiger partial charge in [0, 0.05) is 37.9 Å². The maximum absolute atomic E-state index is 12.9. The van der Waals surface area contributed by atoms with Crippen LogP contribution in [0.25, 0.3) is 22.6 Å². The number of nitrogens with zero attached hydrogens (tertiary/aromatic N) is 7. The topological polar surface area (TPSA) is 125 Å². The van der Waals surface area contributed by atoms with Gasteiger partial charge in [-0.05, 0) is 26.7 Å². The lowest BCUT2D eigenvalue weighted by Crippen LogP contribution is -2.41. The number of ether oxygens (including phenoxy) is 1. The van der Waals surface area contributed by atoms with Crippen molar-refractivity contribution in [3.8, 4) is 17.3 Å². The summed E-state index contributed by atoms with van der Waals surface area (Å²) in [6.07, 6.45) is 8.48. The van der Waals surface area contributed by atoms with Crippen molar-refractivity contribution in [3.05, 3.63) is 24.5 Å². The third-order valence-electron chi connectivity index (χ3n) is 6.48. The fraction of sp³-hybridized carbons (Fsp3) is 0.545. The van der Waals surface area contributed by atoms with Gasteiger partial charge in [0.2, 0.25) is 11.8 Å². The van der Waals surface area contributed by atoms with E-state index < -0.39 is 0 Å². The largest absolute Gasteiger partial charge is 0.471 e. The van der Waals surface area contributed by atoms with Crippen LogP contribution < -0.4 is 10.5 Å². The van der Waals surface area contributed by atoms with Crippen molar-refractivity contribution in [1.82, 2.24) is 34.4 Å². The number of imidazole rings is 1. The number of likely N-dealkylation sites (tertiary alicyclic amines) is 1. The predicted molar refractivity (Wildman–Crippen MR) is 118 cm³/mol. The lowest BCUT2D eigenvalue weighted by molar-refractivity contribution is -0.134. The molecular weight excluding hydrogens is 408 g/mol. The highest BCUT2D eigenvalue weighted by atomic mass is 16.5. The number of rotatable bonds is 5. The number of carbonyl (C=O) groups excluding carboxylic acids is 1. The lowest BCUT2D eigenvalue weighted by Gasteiger charge is -2.23. The number of hydrogen-bond acceptors (Lipinski definition) is 8. The molecule has 4 heterocycles. The molecular formula is C22H28N8O2. The van der Waals surface area contributed by atoms with E-state index >= 15 is 0 Å². The zero-order valence-electron chi connectivity index (χ0n) is 18.4. The van der Waals surface area contributed by atoms with Gasteiger partial charge in [0.1, 0.15) is 24.1 Å². The van der Waals surface area contributed by atoms with E-state index in [2.05, 4.69) is 19.9 Å². The Hall–Kier alpha value is -3.14. The van der Waals surface area contributed by atoms with Crippen LogP contribution in [0.3, 0.4) is 0 Å². The molecule has 10 nitrogen and oxygen atoms in total. The van der Waals surface area contributed by atoms with Crippen molar-refractivity contribution in [2.24, 2.45) is 11.7 Å². The maximum atomic E-state index is 12.9. The zero-order chi connectivity index (χ0) is 22.2. The molecule has 5 rings (SSSR count). The van der Waals surface area contributed by atoms with Gasteiger partial charge in [-0.2, -0.15) is 4.98 Å². The van der Waals surface area contributed by atoms with Gasteiger partial charge in [0.25, 0.3) is 0 Å². The molecule has 32 heavy (non-hydrogen) atoms. The average Bonchev–Trinajstić information content (AvgIpc) is 3.52. The molecule has 1 aliphatic carbocycles. The van der Waals surface area contributed by atoms with E-state index in [-0.39, 0.29) is 24.0 Å². The van der Waals surface area contributed by atoms with E-state index in [0.29, 0.717) is 42.5 Å². The van der Waals surface area contributed by atoms with E-state index in [0.717, 1.165) is 37.1 Å². The fourth-order valence-corrected chi connectivity index (χ4v) is 4.74. The van der Waals surface area contributed by atoms with Gasteiger partial charge in [-0.25, -0.2) is 19.9 Å². The van der Waals surface area contributed by atoms with E-state index in [1.54, 1.807) is 12.4 Å². The van der Waals surface area contributed by atoms with Crippen LogP contribution in [0.5, 0.6) is 5.88 Å². The highest BCUT2D eigenvalue weighted by molar-refractivity contribution is 5.81. The summed E-state index contributed by atoms with van der Waals surface area (Å²) in [5, 5.41) is 0. The molecule has 3 aromatic heterocycles. The van der Waals surface area contributed by atoms with Crippen LogP contribution in [0, 0.1) is 12.8 Å². The van der Waals surface area contributed by atoms with Gasteiger partial charge >= 0.3 is 0 Å². The molecule has 1 aliphatic heterocycles. The van der Waals surface area contributed by atoms with Crippen LogP contribution in [0.2, 0.25) is 0 Å². The molecule has 0 bridgehead atoms. The average molecular weight is 437 g/mol. The first kappa shape index (κ1) is 20.7. The van der Waals surface area contributed by atoms with Crippen molar-refractivity contribution in [2.75, 3.05) is 13.1 Å². The monoisotopic (exact) mass is 436 g/mol. The van der Waals surface area contributed by atoms with Crippen LogP contribution in [0.15, 0.2) is 18.7 Å². The Morgan fingerprint density at radius 1 is 1.19 bits per heavy atom. The van der Waals surface area contributed by atoms with Gasteiger partial charge in [-0.3, -0.25) is 4.79 Å². The van der Waals surface area contributed by atoms with Gasteiger partial charge in [-0.1, -0.05) is 6.42 Å². The quantitative estimate of drug-likeness (QED) is 0.641. The van der Waals surface area contributed by atoms with Gasteiger partial charge in [-0.15, -0.1) is 0 Å². The van der Waals surface area contributed by atoms with Crippen molar-refractivity contribution >= 4 is 17.1 Å². The second-order valence-electron chi connectivity index (χ2n) is 8.56. The third-order valence-corrected chi connectivity index (χ3v) is 6.48. The van der Waals surface area contributed by atoms with Gasteiger partial charge < -0.3 is 19.9 Å². The van der Waals surface area contributed by atoms with Crippen LogP contribution in [0.4, 0.5) is 0 Å². The van der Waals surface area contributed by atoms with E-state index in [1.807, 2.05) is 23.3 Å². The van der Waals surface area contributed by atoms with Crippen LogP contribution in [-0.4, -0.2) is 65.5 Å². The molecule has 3 aromatic rings. The van der Waals surface area contributed by atoms with E-state index in [4.69, 9.17) is 15.5 Å². The number of carbonyl (C=O) groups is 1.